The molecular formula is C31H37F3N6O2. The molecule has 2 heterocycles. The zero-order valence-electron chi connectivity index (χ0n) is 23.7. The number of alkyl halides is 3. The summed E-state index contributed by atoms with van der Waals surface area (Å²) in [6.45, 7) is 4.73. The minimum absolute atomic E-state index is 0.0363. The standard InChI is InChI=1S/C31H37F3N6O2/c1-2-39-17-8-18-40(29-27(39)15-14-26(38-29)23-10-7-11-24(20-23)31(32,33)34)30(42)37-25-12-6-9-22(19-25)21-36-28(41)13-4-3-5-16-35/h6-7,9-12,14-15,19-20H,2-5,8,13,16-18,21,35H2,1H3,(H,36,41)(H,37,42). The van der Waals surface area contributed by atoms with Crippen LogP contribution in [0.25, 0.3) is 11.3 Å². The molecule has 0 saturated heterocycles. The Hall–Kier alpha value is -4.12. The van der Waals surface area contributed by atoms with Gasteiger partial charge in [0.05, 0.1) is 16.9 Å². The van der Waals surface area contributed by atoms with Gasteiger partial charge in [0.15, 0.2) is 5.82 Å². The number of unbranched alkanes of at least 4 members (excludes halogenated alkanes) is 2. The quantitative estimate of drug-likeness (QED) is 0.248. The highest BCUT2D eigenvalue weighted by atomic mass is 19.4. The number of benzene rings is 2. The largest absolute Gasteiger partial charge is 0.416 e. The number of carbonyl (C=O) groups is 2. The highest BCUT2D eigenvalue weighted by Crippen LogP contribution is 2.36. The molecule has 0 unspecified atom stereocenters. The number of hydrogen-bond donors (Lipinski definition) is 3. The molecule has 224 valence electrons. The number of hydrogen-bond acceptors (Lipinski definition) is 5. The van der Waals surface area contributed by atoms with E-state index in [0.717, 1.165) is 42.6 Å². The SMILES string of the molecule is CCN1CCCN(C(=O)Nc2cccc(CNC(=O)CCCCCN)c2)c2nc(-c3cccc(C(F)(F)F)c3)ccc21. The van der Waals surface area contributed by atoms with Crippen LogP contribution in [-0.2, 0) is 17.5 Å². The number of nitrogens with two attached hydrogens (primary N) is 1. The van der Waals surface area contributed by atoms with Gasteiger partial charge in [-0.3, -0.25) is 9.69 Å². The van der Waals surface area contributed by atoms with Crippen molar-refractivity contribution in [3.63, 3.8) is 0 Å². The molecule has 0 bridgehead atoms. The number of pyridine rings is 1. The van der Waals surface area contributed by atoms with Gasteiger partial charge in [0, 0.05) is 43.9 Å². The third-order valence-corrected chi connectivity index (χ3v) is 7.15. The monoisotopic (exact) mass is 582 g/mol. The summed E-state index contributed by atoms with van der Waals surface area (Å²) in [7, 11) is 0. The second-order valence-corrected chi connectivity index (χ2v) is 10.2. The van der Waals surface area contributed by atoms with Crippen LogP contribution in [0.3, 0.4) is 0 Å². The lowest BCUT2D eigenvalue weighted by Crippen LogP contribution is -2.36. The first kappa shape index (κ1) is 30.8. The van der Waals surface area contributed by atoms with Crippen molar-refractivity contribution in [1.82, 2.24) is 10.3 Å². The van der Waals surface area contributed by atoms with Crippen molar-refractivity contribution in [3.05, 3.63) is 71.8 Å². The van der Waals surface area contributed by atoms with Crippen molar-refractivity contribution in [1.29, 1.82) is 0 Å². The molecule has 4 rings (SSSR count). The normalized spacial score (nSPS) is 13.4. The highest BCUT2D eigenvalue weighted by molar-refractivity contribution is 6.03. The minimum atomic E-state index is -4.48. The molecular weight excluding hydrogens is 545 g/mol. The fraction of sp³-hybridized carbons (Fsp3) is 0.387. The predicted octanol–water partition coefficient (Wildman–Crippen LogP) is 6.17. The first-order chi connectivity index (χ1) is 20.2. The number of halogens is 3. The zero-order valence-corrected chi connectivity index (χ0v) is 23.7. The van der Waals surface area contributed by atoms with E-state index in [1.54, 1.807) is 30.3 Å². The maximum atomic E-state index is 13.6. The average molecular weight is 583 g/mol. The van der Waals surface area contributed by atoms with E-state index in [-0.39, 0.29) is 5.91 Å². The van der Waals surface area contributed by atoms with Crippen LogP contribution in [0.1, 0.15) is 50.2 Å². The minimum Gasteiger partial charge on any atom is -0.369 e. The number of aromatic nitrogens is 1. The molecule has 4 N–H and O–H groups in total. The molecule has 1 aliphatic heterocycles. The number of carbonyl (C=O) groups excluding carboxylic acids is 2. The molecule has 3 aromatic rings. The Kier molecular flexibility index (Phi) is 10.4. The van der Waals surface area contributed by atoms with Crippen molar-refractivity contribution < 1.29 is 22.8 Å². The Labute approximate surface area is 244 Å². The Balaban J connectivity index is 1.52. The molecule has 8 nitrogen and oxygen atoms in total. The van der Waals surface area contributed by atoms with Crippen LogP contribution in [0.15, 0.2) is 60.7 Å². The van der Waals surface area contributed by atoms with E-state index in [1.165, 1.54) is 11.0 Å². The number of nitrogens with zero attached hydrogens (tertiary/aromatic N) is 3. The highest BCUT2D eigenvalue weighted by Gasteiger charge is 2.31. The van der Waals surface area contributed by atoms with Crippen LogP contribution < -0.4 is 26.2 Å². The van der Waals surface area contributed by atoms with Gasteiger partial charge in [-0.05, 0) is 74.7 Å². The number of rotatable bonds is 10. The first-order valence-electron chi connectivity index (χ1n) is 14.3. The van der Waals surface area contributed by atoms with Gasteiger partial charge in [-0.2, -0.15) is 13.2 Å². The zero-order chi connectivity index (χ0) is 30.1. The van der Waals surface area contributed by atoms with Gasteiger partial charge in [-0.25, -0.2) is 9.78 Å². The lowest BCUT2D eigenvalue weighted by molar-refractivity contribution is -0.137. The summed E-state index contributed by atoms with van der Waals surface area (Å²) >= 11 is 0. The van der Waals surface area contributed by atoms with E-state index >= 15 is 0 Å². The molecule has 11 heteroatoms. The summed E-state index contributed by atoms with van der Waals surface area (Å²) in [5, 5.41) is 5.84. The molecule has 2 aromatic carbocycles. The van der Waals surface area contributed by atoms with E-state index in [0.29, 0.717) is 68.3 Å². The lowest BCUT2D eigenvalue weighted by Gasteiger charge is -2.25. The summed E-state index contributed by atoms with van der Waals surface area (Å²) in [6.07, 6.45) is -0.751. The van der Waals surface area contributed by atoms with E-state index in [2.05, 4.69) is 15.5 Å². The number of anilines is 3. The van der Waals surface area contributed by atoms with Crippen molar-refractivity contribution in [2.75, 3.05) is 41.3 Å². The second kappa shape index (κ2) is 14.2. The van der Waals surface area contributed by atoms with Crippen LogP contribution in [0.5, 0.6) is 0 Å². The van der Waals surface area contributed by atoms with Gasteiger partial charge in [0.2, 0.25) is 5.91 Å². The average Bonchev–Trinajstić information content (AvgIpc) is 3.17. The van der Waals surface area contributed by atoms with Crippen molar-refractivity contribution in [2.24, 2.45) is 5.73 Å². The topological polar surface area (TPSA) is 104 Å². The van der Waals surface area contributed by atoms with Crippen LogP contribution in [0, 0.1) is 0 Å². The van der Waals surface area contributed by atoms with Crippen molar-refractivity contribution in [3.8, 4) is 11.3 Å². The second-order valence-electron chi connectivity index (χ2n) is 10.2. The Morgan fingerprint density at radius 3 is 2.57 bits per heavy atom. The third kappa shape index (κ3) is 8.00. The van der Waals surface area contributed by atoms with E-state index in [1.807, 2.05) is 19.1 Å². The number of nitrogens with one attached hydrogen (secondary N) is 2. The van der Waals surface area contributed by atoms with E-state index in [9.17, 15) is 22.8 Å². The fourth-order valence-electron chi connectivity index (χ4n) is 4.92. The molecule has 0 radical (unpaired) electrons. The lowest BCUT2D eigenvalue weighted by atomic mass is 10.1. The molecule has 1 aliphatic rings. The number of fused-ring (bicyclic) bond motifs is 1. The van der Waals surface area contributed by atoms with Gasteiger partial charge in [0.1, 0.15) is 0 Å². The van der Waals surface area contributed by atoms with Gasteiger partial charge in [-0.1, -0.05) is 30.7 Å². The molecule has 1 aromatic heterocycles. The Morgan fingerprint density at radius 1 is 1.00 bits per heavy atom. The Morgan fingerprint density at radius 2 is 1.81 bits per heavy atom. The van der Waals surface area contributed by atoms with Crippen molar-refractivity contribution >= 4 is 29.1 Å². The first-order valence-corrected chi connectivity index (χ1v) is 14.3. The maximum Gasteiger partial charge on any atom is 0.416 e. The maximum absolute atomic E-state index is 13.6. The molecule has 42 heavy (non-hydrogen) atoms. The smallest absolute Gasteiger partial charge is 0.369 e. The summed E-state index contributed by atoms with van der Waals surface area (Å²) in [5.74, 6) is 0.352. The van der Waals surface area contributed by atoms with Gasteiger partial charge < -0.3 is 21.3 Å². The third-order valence-electron chi connectivity index (χ3n) is 7.15. The summed E-state index contributed by atoms with van der Waals surface area (Å²) in [4.78, 5) is 34.1. The summed E-state index contributed by atoms with van der Waals surface area (Å²) < 4.78 is 40.1. The van der Waals surface area contributed by atoms with Gasteiger partial charge >= 0.3 is 12.2 Å². The van der Waals surface area contributed by atoms with Gasteiger partial charge in [-0.15, -0.1) is 0 Å². The predicted molar refractivity (Wildman–Crippen MR) is 159 cm³/mol. The van der Waals surface area contributed by atoms with Crippen LogP contribution in [0.4, 0.5) is 35.2 Å². The summed E-state index contributed by atoms with van der Waals surface area (Å²) in [6, 6.07) is 15.4. The van der Waals surface area contributed by atoms with Crippen LogP contribution in [0.2, 0.25) is 0 Å². The molecule has 0 aliphatic carbocycles. The number of urea groups is 1. The van der Waals surface area contributed by atoms with E-state index < -0.39 is 17.8 Å². The fourth-order valence-corrected chi connectivity index (χ4v) is 4.92. The van der Waals surface area contributed by atoms with Crippen LogP contribution in [-0.4, -0.2) is 43.1 Å². The van der Waals surface area contributed by atoms with E-state index in [4.69, 9.17) is 10.7 Å². The summed E-state index contributed by atoms with van der Waals surface area (Å²) in [5.41, 5.74) is 7.53. The molecule has 0 spiro atoms. The van der Waals surface area contributed by atoms with Gasteiger partial charge in [0.25, 0.3) is 0 Å². The Bertz CT molecular complexity index is 1380. The van der Waals surface area contributed by atoms with Crippen molar-refractivity contribution in [2.45, 2.75) is 51.7 Å². The molecule has 3 amide bonds. The molecule has 0 fully saturated rings. The number of amides is 3. The van der Waals surface area contributed by atoms with Crippen LogP contribution >= 0.6 is 0 Å². The molecule has 0 atom stereocenters. The molecule has 0 saturated carbocycles.